The Bertz CT molecular complexity index is 3110. The number of hydrogen-bond acceptors (Lipinski definition) is 17. The summed E-state index contributed by atoms with van der Waals surface area (Å²) < 4.78 is 10.9. The smallest absolute Gasteiger partial charge is 0.550 e. The first-order valence-electron chi connectivity index (χ1n) is 21.3. The van der Waals surface area contributed by atoms with Crippen LogP contribution in [-0.4, -0.2) is 110 Å². The van der Waals surface area contributed by atoms with E-state index in [1.807, 2.05) is 87.0 Å². The molecule has 30 heteroatoms. The Hall–Kier alpha value is -4.72. The molecule has 0 bridgehead atoms. The van der Waals surface area contributed by atoms with Gasteiger partial charge in [0.05, 0.1) is 50.8 Å². The molecule has 76 heavy (non-hydrogen) atoms. The van der Waals surface area contributed by atoms with Crippen LogP contribution in [0.5, 0.6) is 0 Å². The fourth-order valence-corrected chi connectivity index (χ4v) is 6.04. The van der Waals surface area contributed by atoms with Gasteiger partial charge in [0.25, 0.3) is 0 Å². The van der Waals surface area contributed by atoms with E-state index in [0.717, 1.165) is 52.4 Å². The van der Waals surface area contributed by atoms with Gasteiger partial charge in [-0.1, -0.05) is 77.0 Å². The molecule has 3 N–H and O–H groups in total. The molecule has 8 aromatic rings. The molecule has 0 saturated carbocycles. The molecule has 0 amide bonds. The van der Waals surface area contributed by atoms with Crippen molar-refractivity contribution in [2.75, 3.05) is 0 Å². The molecule has 0 spiro atoms. The second-order valence-electron chi connectivity index (χ2n) is 16.1. The molecule has 0 aliphatic carbocycles. The molecule has 401 valence electrons. The number of hydrogen-bond donors (Lipinski definition) is 3. The third-order valence-corrected chi connectivity index (χ3v) is 10.4. The van der Waals surface area contributed by atoms with Crippen LogP contribution in [0.3, 0.4) is 0 Å². The summed E-state index contributed by atoms with van der Waals surface area (Å²) in [5, 5.41) is 76.2. The van der Waals surface area contributed by atoms with E-state index in [1.54, 1.807) is 71.8 Å². The molecule has 8 heterocycles. The van der Waals surface area contributed by atoms with Gasteiger partial charge in [-0.15, -0.1) is 30.6 Å². The molecule has 0 unspecified atom stereocenters. The minimum atomic E-state index is -1.08. The fraction of sp³-hybridized carbons (Fsp3) is 0.348. The zero-order valence-electron chi connectivity index (χ0n) is 43.4. The summed E-state index contributed by atoms with van der Waals surface area (Å²) in [4.78, 5) is 20.3. The fourth-order valence-electron chi connectivity index (χ4n) is 5.15. The van der Waals surface area contributed by atoms with E-state index in [-0.39, 0.29) is 80.2 Å². The number of aliphatic hydroxyl groups is 1. The number of H-pyrrole nitrogens is 2. The average molecular weight is 1190 g/mol. The van der Waals surface area contributed by atoms with E-state index in [2.05, 4.69) is 66.3 Å². The van der Waals surface area contributed by atoms with Gasteiger partial charge in [-0.25, -0.2) is 0 Å². The maximum absolute atomic E-state index is 11.4. The number of aromatic nitrogens is 16. The van der Waals surface area contributed by atoms with Crippen molar-refractivity contribution < 1.29 is 71.0 Å². The molecule has 0 aromatic carbocycles. The van der Waals surface area contributed by atoms with Crippen LogP contribution in [-0.2, 0) is 30.6 Å². The standard InChI is InChI=1S/C11H20BN2O2.C9H8Cl2N4.C9H9ClN4.C8H7ClN4O.C4H2Cl2N2.C2H3N.C2H4O2.CH4.K/c1-8-7-9(14(6)13-8)12-16-11(4,5)10(2,3)15;1-5-3-7(15(2)14-5)9-6(10)4-8(11)12-13-9;1-6-5-8(14(2)13-6)7-3-4-9(10)12-11-7;1-4-2-5(11-10-4)8-6(14)3-7(9)12-13-8;5-3-1-2-4(6)8-7-3;1-2-3;1-2(3)4;;/h7,15H,1-6H3;3-4H,1-2H3;3-5H,1-2H3;2-3H,1H3,(H,10,11)(H,12,14);1-2H;1H3;1H3,(H,3,4);1H4;/q;;;;;;;;+1/p-1. The topological polar surface area (TPSA) is 299 Å². The monoisotopic (exact) mass is 1190 g/mol. The van der Waals surface area contributed by atoms with Gasteiger partial charge < -0.3 is 19.7 Å². The van der Waals surface area contributed by atoms with Crippen molar-refractivity contribution >= 4 is 88.7 Å². The third-order valence-electron chi connectivity index (χ3n) is 9.16. The van der Waals surface area contributed by atoms with E-state index in [1.165, 1.54) is 13.0 Å². The Kier molecular flexibility index (Phi) is 32.1. The number of carboxylic acid groups (broad SMARTS) is 1. The summed E-state index contributed by atoms with van der Waals surface area (Å²) in [7, 11) is 7.20. The molecule has 8 aromatic heterocycles. The summed E-state index contributed by atoms with van der Waals surface area (Å²) in [6.45, 7) is 17.2. The summed E-state index contributed by atoms with van der Waals surface area (Å²) >= 11 is 33.7. The molecular formula is C46H56BCl6KN17O5. The Balaban J connectivity index is 0.000000900. The van der Waals surface area contributed by atoms with Crippen LogP contribution in [0.2, 0.25) is 30.8 Å². The number of carbonyl (C=O) groups excluding carboxylic acids is 1. The number of carbonyl (C=O) groups is 1. The van der Waals surface area contributed by atoms with E-state index < -0.39 is 17.2 Å². The molecule has 0 aliphatic heterocycles. The van der Waals surface area contributed by atoms with Gasteiger partial charge in [-0.05, 0) is 117 Å². The molecule has 0 fully saturated rings. The number of halogens is 6. The Labute approximate surface area is 513 Å². The number of nitriles is 1. The van der Waals surface area contributed by atoms with Gasteiger partial charge in [0.15, 0.2) is 26.3 Å². The molecule has 22 nitrogen and oxygen atoms in total. The van der Waals surface area contributed by atoms with Gasteiger partial charge in [0.1, 0.15) is 22.2 Å². The van der Waals surface area contributed by atoms with E-state index in [4.69, 9.17) is 89.4 Å². The third kappa shape index (κ3) is 25.2. The molecule has 0 atom stereocenters. The average Bonchev–Trinajstić information content (AvgIpc) is 4.06. The van der Waals surface area contributed by atoms with Crippen molar-refractivity contribution in [3.05, 3.63) is 124 Å². The van der Waals surface area contributed by atoms with Crippen LogP contribution >= 0.6 is 69.6 Å². The Morgan fingerprint density at radius 2 is 1.14 bits per heavy atom. The van der Waals surface area contributed by atoms with Crippen molar-refractivity contribution in [1.82, 2.24) is 80.3 Å². The number of nitrogens with one attached hydrogen (secondary N) is 2. The van der Waals surface area contributed by atoms with Crippen LogP contribution in [0.1, 0.15) is 71.7 Å². The first-order valence-corrected chi connectivity index (χ1v) is 23.6. The van der Waals surface area contributed by atoms with Crippen molar-refractivity contribution in [1.29, 1.82) is 5.26 Å². The van der Waals surface area contributed by atoms with E-state index in [9.17, 15) is 9.90 Å². The van der Waals surface area contributed by atoms with Crippen molar-refractivity contribution in [2.24, 2.45) is 21.1 Å². The molecular weight excluding hydrogens is 1130 g/mol. The number of rotatable bonds is 7. The molecule has 8 rings (SSSR count). The van der Waals surface area contributed by atoms with Crippen LogP contribution < -0.4 is 67.5 Å². The maximum Gasteiger partial charge on any atom is 1.00 e. The van der Waals surface area contributed by atoms with Crippen molar-refractivity contribution in [2.45, 2.75) is 87.9 Å². The number of carboxylic acids is 1. The Morgan fingerprint density at radius 3 is 1.53 bits per heavy atom. The maximum atomic E-state index is 11.4. The Morgan fingerprint density at radius 1 is 0.684 bits per heavy atom. The molecule has 0 aliphatic rings. The van der Waals surface area contributed by atoms with Gasteiger partial charge in [0, 0.05) is 51.4 Å². The molecule has 1 radical (unpaired) electrons. The first kappa shape index (κ1) is 71.3. The summed E-state index contributed by atoms with van der Waals surface area (Å²) in [5.41, 5.74) is 6.65. The van der Waals surface area contributed by atoms with Crippen molar-refractivity contribution in [3.63, 3.8) is 0 Å². The molecule has 0 saturated heterocycles. The minimum Gasteiger partial charge on any atom is -0.550 e. The zero-order valence-corrected chi connectivity index (χ0v) is 51.1. The summed E-state index contributed by atoms with van der Waals surface area (Å²) in [6.07, 6.45) is 0. The van der Waals surface area contributed by atoms with E-state index >= 15 is 0 Å². The minimum absolute atomic E-state index is 0. The number of aromatic amines is 2. The van der Waals surface area contributed by atoms with Crippen LogP contribution in [0.25, 0.3) is 34.2 Å². The van der Waals surface area contributed by atoms with Crippen LogP contribution in [0.4, 0.5) is 0 Å². The number of aryl methyl sites for hydroxylation is 7. The first-order chi connectivity index (χ1) is 34.5. The summed E-state index contributed by atoms with van der Waals surface area (Å²) in [6, 6.07) is 18.8. The normalized spacial score (nSPS) is 10.1. The zero-order chi connectivity index (χ0) is 56.1. The summed E-state index contributed by atoms with van der Waals surface area (Å²) in [5.74, 6) is -1.08. The predicted molar refractivity (Wildman–Crippen MR) is 291 cm³/mol. The largest absolute Gasteiger partial charge is 1.00 e. The van der Waals surface area contributed by atoms with E-state index in [0.29, 0.717) is 31.9 Å². The van der Waals surface area contributed by atoms with Gasteiger partial charge in [-0.3, -0.25) is 29.0 Å². The van der Waals surface area contributed by atoms with Gasteiger partial charge in [0.2, 0.25) is 5.43 Å². The quantitative estimate of drug-likeness (QED) is 0.182. The number of aliphatic carboxylic acids is 1. The predicted octanol–water partition coefficient (Wildman–Crippen LogP) is 4.70. The van der Waals surface area contributed by atoms with Crippen molar-refractivity contribution in [3.8, 4) is 40.2 Å². The number of nitrogens with zero attached hydrogens (tertiary/aromatic N) is 15. The van der Waals surface area contributed by atoms with Crippen LogP contribution in [0, 0.1) is 39.0 Å². The van der Waals surface area contributed by atoms with Gasteiger partial charge >= 0.3 is 58.9 Å². The van der Waals surface area contributed by atoms with Gasteiger partial charge in [-0.2, -0.15) is 30.8 Å². The second-order valence-corrected chi connectivity index (χ2v) is 18.5. The van der Waals surface area contributed by atoms with Crippen LogP contribution in [0.15, 0.2) is 65.5 Å². The SMILES string of the molecule is C.CC#N.CC(=O)[O-].Cc1cc(-c2ccc(Cl)nn2)n(C)n1.Cc1cc(-c2n[nH]c(Cl)cc2=O)n[nH]1.Cc1cc(-c2nnc(Cl)cc2Cl)n(C)n1.Cc1cc([B]OC(C)(C)C(C)(C)O)n(C)n1.Clc1ccc(Cl)nn1.[K+]. The second kappa shape index (κ2) is 34.2.